The van der Waals surface area contributed by atoms with Gasteiger partial charge in [-0.05, 0) is 28.8 Å². The molecule has 0 saturated heterocycles. The van der Waals surface area contributed by atoms with E-state index >= 15 is 0 Å². The van der Waals surface area contributed by atoms with Crippen molar-refractivity contribution in [1.82, 2.24) is 4.90 Å². The summed E-state index contributed by atoms with van der Waals surface area (Å²) in [4.78, 5) is 14.6. The van der Waals surface area contributed by atoms with Crippen LogP contribution in [0.5, 0.6) is 11.5 Å². The van der Waals surface area contributed by atoms with Gasteiger partial charge in [-0.1, -0.05) is 30.3 Å². The number of esters is 1. The molecule has 1 unspecified atom stereocenters. The molecule has 0 aromatic heterocycles. The minimum absolute atomic E-state index is 0.215. The monoisotopic (exact) mass is 325 g/mol. The first-order valence-corrected chi connectivity index (χ1v) is 8.01. The van der Waals surface area contributed by atoms with E-state index in [9.17, 15) is 4.79 Å². The van der Waals surface area contributed by atoms with Crippen LogP contribution in [0, 0.1) is 0 Å². The smallest absolute Gasteiger partial charge is 0.314 e. The zero-order valence-electron chi connectivity index (χ0n) is 13.5. The van der Waals surface area contributed by atoms with Crippen molar-refractivity contribution in [1.29, 1.82) is 0 Å². The summed E-state index contributed by atoms with van der Waals surface area (Å²) in [6, 6.07) is 14.2. The molecular weight excluding hydrogens is 306 g/mol. The molecule has 0 bridgehead atoms. The van der Waals surface area contributed by atoms with Crippen LogP contribution in [0.1, 0.15) is 22.6 Å². The number of rotatable bonds is 3. The standard InChI is InChI=1S/C19H19NO4/c1-22-19(21)16-11-20(9-13-5-3-2-4-6-13)10-14-7-17-18(8-15(14)16)24-12-23-17/h2-8,16H,9-12H2,1H3. The minimum Gasteiger partial charge on any atom is -0.469 e. The zero-order valence-corrected chi connectivity index (χ0v) is 13.5. The molecule has 2 heterocycles. The molecule has 4 rings (SSSR count). The number of benzene rings is 2. The number of hydrogen-bond donors (Lipinski definition) is 0. The Labute approximate surface area is 140 Å². The minimum atomic E-state index is -0.308. The number of carbonyl (C=O) groups is 1. The highest BCUT2D eigenvalue weighted by molar-refractivity contribution is 5.80. The van der Waals surface area contributed by atoms with E-state index in [4.69, 9.17) is 14.2 Å². The fourth-order valence-electron chi connectivity index (χ4n) is 3.43. The highest BCUT2D eigenvalue weighted by Gasteiger charge is 2.33. The first-order valence-electron chi connectivity index (χ1n) is 8.01. The van der Waals surface area contributed by atoms with Crippen LogP contribution in [0.25, 0.3) is 0 Å². The summed E-state index contributed by atoms with van der Waals surface area (Å²) < 4.78 is 16.0. The normalized spacial score (nSPS) is 19.0. The second-order valence-electron chi connectivity index (χ2n) is 6.14. The molecule has 0 fully saturated rings. The van der Waals surface area contributed by atoms with Crippen molar-refractivity contribution in [2.45, 2.75) is 19.0 Å². The molecule has 5 heteroatoms. The van der Waals surface area contributed by atoms with Crippen molar-refractivity contribution in [3.63, 3.8) is 0 Å². The molecule has 0 radical (unpaired) electrons. The summed E-state index contributed by atoms with van der Waals surface area (Å²) in [5.74, 6) is 0.933. The number of hydrogen-bond acceptors (Lipinski definition) is 5. The summed E-state index contributed by atoms with van der Waals surface area (Å²) in [5.41, 5.74) is 3.30. The number of methoxy groups -OCH3 is 1. The fourth-order valence-corrected chi connectivity index (χ4v) is 3.43. The summed E-state index contributed by atoms with van der Waals surface area (Å²) in [6.07, 6.45) is 0. The quantitative estimate of drug-likeness (QED) is 0.812. The molecule has 2 aromatic rings. The van der Waals surface area contributed by atoms with Crippen molar-refractivity contribution in [3.8, 4) is 11.5 Å². The van der Waals surface area contributed by atoms with E-state index in [2.05, 4.69) is 17.0 Å². The van der Waals surface area contributed by atoms with E-state index in [1.54, 1.807) is 0 Å². The molecule has 24 heavy (non-hydrogen) atoms. The molecule has 2 aliphatic heterocycles. The highest BCUT2D eigenvalue weighted by Crippen LogP contribution is 2.40. The highest BCUT2D eigenvalue weighted by atomic mass is 16.7. The molecule has 0 aliphatic carbocycles. The Morgan fingerprint density at radius 2 is 1.96 bits per heavy atom. The molecule has 0 saturated carbocycles. The summed E-state index contributed by atoms with van der Waals surface area (Å²) >= 11 is 0. The molecular formula is C19H19NO4. The van der Waals surface area contributed by atoms with Gasteiger partial charge in [0.25, 0.3) is 0 Å². The van der Waals surface area contributed by atoms with Crippen LogP contribution in [-0.4, -0.2) is 31.3 Å². The van der Waals surface area contributed by atoms with Crippen LogP contribution >= 0.6 is 0 Å². The number of nitrogens with zero attached hydrogens (tertiary/aromatic N) is 1. The predicted octanol–water partition coefficient (Wildman–Crippen LogP) is 2.69. The van der Waals surface area contributed by atoms with Crippen molar-refractivity contribution in [2.75, 3.05) is 20.4 Å². The second kappa shape index (κ2) is 6.17. The van der Waals surface area contributed by atoms with Gasteiger partial charge in [0.2, 0.25) is 6.79 Å². The topological polar surface area (TPSA) is 48.0 Å². The fraction of sp³-hybridized carbons (Fsp3) is 0.316. The Balaban J connectivity index is 1.66. The Hall–Kier alpha value is -2.53. The van der Waals surface area contributed by atoms with E-state index < -0.39 is 0 Å². The molecule has 0 amide bonds. The van der Waals surface area contributed by atoms with Crippen LogP contribution in [0.4, 0.5) is 0 Å². The Morgan fingerprint density at radius 1 is 1.21 bits per heavy atom. The van der Waals surface area contributed by atoms with E-state index in [-0.39, 0.29) is 18.7 Å². The third kappa shape index (κ3) is 2.71. The van der Waals surface area contributed by atoms with Gasteiger partial charge >= 0.3 is 5.97 Å². The summed E-state index contributed by atoms with van der Waals surface area (Å²) in [6.45, 7) is 2.43. The Bertz CT molecular complexity index is 759. The molecule has 124 valence electrons. The SMILES string of the molecule is COC(=O)C1CN(Cc2ccccc2)Cc2cc3c(cc21)OCO3. The van der Waals surface area contributed by atoms with Gasteiger partial charge in [0, 0.05) is 19.6 Å². The van der Waals surface area contributed by atoms with Crippen LogP contribution in [0.15, 0.2) is 42.5 Å². The van der Waals surface area contributed by atoms with Crippen molar-refractivity contribution in [2.24, 2.45) is 0 Å². The third-order valence-corrected chi connectivity index (χ3v) is 4.58. The molecule has 5 nitrogen and oxygen atoms in total. The van der Waals surface area contributed by atoms with Gasteiger partial charge in [0.15, 0.2) is 11.5 Å². The maximum atomic E-state index is 12.3. The average Bonchev–Trinajstić information content (AvgIpc) is 3.06. The Morgan fingerprint density at radius 3 is 2.71 bits per heavy atom. The average molecular weight is 325 g/mol. The van der Waals surface area contributed by atoms with E-state index in [0.717, 1.165) is 30.0 Å². The maximum absolute atomic E-state index is 12.3. The molecule has 2 aliphatic rings. The molecule has 0 N–H and O–H groups in total. The van der Waals surface area contributed by atoms with E-state index in [1.807, 2.05) is 30.3 Å². The number of ether oxygens (including phenoxy) is 3. The largest absolute Gasteiger partial charge is 0.469 e. The first kappa shape index (κ1) is 15.0. The zero-order chi connectivity index (χ0) is 16.5. The van der Waals surface area contributed by atoms with Gasteiger partial charge in [-0.2, -0.15) is 0 Å². The number of fused-ring (bicyclic) bond motifs is 2. The maximum Gasteiger partial charge on any atom is 0.314 e. The lowest BCUT2D eigenvalue weighted by Gasteiger charge is -2.33. The molecule has 0 spiro atoms. The van der Waals surface area contributed by atoms with Crippen LogP contribution in [-0.2, 0) is 22.6 Å². The van der Waals surface area contributed by atoms with E-state index in [1.165, 1.54) is 12.7 Å². The summed E-state index contributed by atoms with van der Waals surface area (Å²) in [5, 5.41) is 0. The van der Waals surface area contributed by atoms with Crippen LogP contribution in [0.3, 0.4) is 0 Å². The van der Waals surface area contributed by atoms with Gasteiger partial charge in [-0.3, -0.25) is 9.69 Å². The van der Waals surface area contributed by atoms with Gasteiger partial charge < -0.3 is 14.2 Å². The van der Waals surface area contributed by atoms with E-state index in [0.29, 0.717) is 12.3 Å². The van der Waals surface area contributed by atoms with Gasteiger partial charge in [0.1, 0.15) is 0 Å². The Kier molecular flexibility index (Phi) is 3.86. The first-order chi connectivity index (χ1) is 11.7. The molecule has 2 aromatic carbocycles. The lowest BCUT2D eigenvalue weighted by atomic mass is 9.89. The van der Waals surface area contributed by atoms with Gasteiger partial charge in [-0.25, -0.2) is 0 Å². The molecule has 1 atom stereocenters. The van der Waals surface area contributed by atoms with Crippen LogP contribution < -0.4 is 9.47 Å². The second-order valence-corrected chi connectivity index (χ2v) is 6.14. The van der Waals surface area contributed by atoms with Crippen molar-refractivity contribution in [3.05, 3.63) is 59.2 Å². The predicted molar refractivity (Wildman–Crippen MR) is 87.9 cm³/mol. The van der Waals surface area contributed by atoms with Crippen LogP contribution in [0.2, 0.25) is 0 Å². The summed E-state index contributed by atoms with van der Waals surface area (Å²) in [7, 11) is 1.44. The van der Waals surface area contributed by atoms with Crippen molar-refractivity contribution < 1.29 is 19.0 Å². The van der Waals surface area contributed by atoms with Gasteiger partial charge in [-0.15, -0.1) is 0 Å². The lowest BCUT2D eigenvalue weighted by Crippen LogP contribution is -2.36. The third-order valence-electron chi connectivity index (χ3n) is 4.58. The lowest BCUT2D eigenvalue weighted by molar-refractivity contribution is -0.143. The number of carbonyl (C=O) groups excluding carboxylic acids is 1. The van der Waals surface area contributed by atoms with Gasteiger partial charge in [0.05, 0.1) is 13.0 Å². The van der Waals surface area contributed by atoms with Crippen molar-refractivity contribution >= 4 is 5.97 Å².